The average molecular weight is 284 g/mol. The van der Waals surface area contributed by atoms with Crippen LogP contribution in [0.5, 0.6) is 0 Å². The highest BCUT2D eigenvalue weighted by molar-refractivity contribution is 6.31. The SMILES string of the molecule is CCN(c1cc(CNCC(C)C)c(Cl)cn1)C(C)C. The van der Waals surface area contributed by atoms with Crippen molar-refractivity contribution in [3.8, 4) is 0 Å². The molecule has 1 rings (SSSR count). The minimum Gasteiger partial charge on any atom is -0.354 e. The minimum atomic E-state index is 0.440. The summed E-state index contributed by atoms with van der Waals surface area (Å²) in [4.78, 5) is 6.71. The van der Waals surface area contributed by atoms with Crippen LogP contribution in [-0.2, 0) is 6.54 Å². The Hall–Kier alpha value is -0.800. The molecule has 4 heteroatoms. The maximum absolute atomic E-state index is 6.22. The van der Waals surface area contributed by atoms with Gasteiger partial charge in [-0.25, -0.2) is 4.98 Å². The van der Waals surface area contributed by atoms with Crippen LogP contribution in [0.2, 0.25) is 5.02 Å². The van der Waals surface area contributed by atoms with E-state index in [1.807, 2.05) is 0 Å². The maximum Gasteiger partial charge on any atom is 0.129 e. The van der Waals surface area contributed by atoms with Crippen LogP contribution in [0.25, 0.3) is 0 Å². The molecular weight excluding hydrogens is 258 g/mol. The monoisotopic (exact) mass is 283 g/mol. The van der Waals surface area contributed by atoms with Crippen molar-refractivity contribution >= 4 is 17.4 Å². The van der Waals surface area contributed by atoms with E-state index < -0.39 is 0 Å². The van der Waals surface area contributed by atoms with Crippen LogP contribution < -0.4 is 10.2 Å². The van der Waals surface area contributed by atoms with E-state index in [4.69, 9.17) is 11.6 Å². The number of rotatable bonds is 7. The van der Waals surface area contributed by atoms with Crippen LogP contribution in [0.4, 0.5) is 5.82 Å². The number of halogens is 1. The molecule has 1 aromatic rings. The number of aromatic nitrogens is 1. The third kappa shape index (κ3) is 5.00. The molecule has 1 N–H and O–H groups in total. The van der Waals surface area contributed by atoms with Gasteiger partial charge in [0, 0.05) is 25.3 Å². The molecule has 0 saturated carbocycles. The fraction of sp³-hybridized carbons (Fsp3) is 0.667. The molecule has 0 atom stereocenters. The molecule has 0 aliphatic rings. The smallest absolute Gasteiger partial charge is 0.129 e. The Morgan fingerprint density at radius 3 is 2.53 bits per heavy atom. The summed E-state index contributed by atoms with van der Waals surface area (Å²) in [6.07, 6.45) is 1.76. The Labute approximate surface area is 122 Å². The van der Waals surface area contributed by atoms with Crippen molar-refractivity contribution < 1.29 is 0 Å². The third-order valence-electron chi connectivity index (χ3n) is 3.05. The van der Waals surface area contributed by atoms with Gasteiger partial charge >= 0.3 is 0 Å². The highest BCUT2D eigenvalue weighted by Gasteiger charge is 2.12. The predicted molar refractivity (Wildman–Crippen MR) is 83.9 cm³/mol. The molecule has 0 aromatic carbocycles. The minimum absolute atomic E-state index is 0.440. The normalized spacial score (nSPS) is 11.4. The number of nitrogens with zero attached hydrogens (tertiary/aromatic N) is 2. The van der Waals surface area contributed by atoms with Crippen molar-refractivity contribution in [3.63, 3.8) is 0 Å². The van der Waals surface area contributed by atoms with E-state index in [1.165, 1.54) is 0 Å². The molecule has 0 unspecified atom stereocenters. The molecule has 0 bridgehead atoms. The maximum atomic E-state index is 6.22. The van der Waals surface area contributed by atoms with Crippen LogP contribution in [0.15, 0.2) is 12.3 Å². The lowest BCUT2D eigenvalue weighted by Crippen LogP contribution is -2.31. The topological polar surface area (TPSA) is 28.2 Å². The zero-order valence-electron chi connectivity index (χ0n) is 12.7. The van der Waals surface area contributed by atoms with E-state index in [2.05, 4.69) is 55.9 Å². The summed E-state index contributed by atoms with van der Waals surface area (Å²) in [5.41, 5.74) is 1.12. The van der Waals surface area contributed by atoms with E-state index in [-0.39, 0.29) is 0 Å². The van der Waals surface area contributed by atoms with Gasteiger partial charge in [0.2, 0.25) is 0 Å². The molecule has 1 heterocycles. The summed E-state index contributed by atoms with van der Waals surface area (Å²) >= 11 is 6.22. The van der Waals surface area contributed by atoms with Crippen molar-refractivity contribution in [2.75, 3.05) is 18.0 Å². The summed E-state index contributed by atoms with van der Waals surface area (Å²) in [6.45, 7) is 13.6. The van der Waals surface area contributed by atoms with E-state index in [1.54, 1.807) is 6.20 Å². The lowest BCUT2D eigenvalue weighted by molar-refractivity contribution is 0.552. The summed E-state index contributed by atoms with van der Waals surface area (Å²) < 4.78 is 0. The van der Waals surface area contributed by atoms with Crippen LogP contribution >= 0.6 is 11.6 Å². The third-order valence-corrected chi connectivity index (χ3v) is 3.39. The average Bonchev–Trinajstić information content (AvgIpc) is 2.32. The van der Waals surface area contributed by atoms with Gasteiger partial charge in [-0.3, -0.25) is 0 Å². The number of pyridine rings is 1. The zero-order chi connectivity index (χ0) is 14.4. The predicted octanol–water partition coefficient (Wildman–Crippen LogP) is 3.72. The number of anilines is 1. The highest BCUT2D eigenvalue weighted by atomic mass is 35.5. The zero-order valence-corrected chi connectivity index (χ0v) is 13.5. The second kappa shape index (κ2) is 7.71. The van der Waals surface area contributed by atoms with E-state index in [0.717, 1.165) is 36.0 Å². The number of hydrogen-bond donors (Lipinski definition) is 1. The Kier molecular flexibility index (Phi) is 6.59. The quantitative estimate of drug-likeness (QED) is 0.827. The standard InChI is InChI=1S/C15H26ClN3/c1-6-19(12(4)5)15-7-13(14(16)10-18-15)9-17-8-11(2)3/h7,10-12,17H,6,8-9H2,1-5H3. The van der Waals surface area contributed by atoms with Crippen LogP contribution in [-0.4, -0.2) is 24.1 Å². The number of nitrogens with one attached hydrogen (secondary N) is 1. The first-order valence-electron chi connectivity index (χ1n) is 7.07. The summed E-state index contributed by atoms with van der Waals surface area (Å²) in [6, 6.07) is 2.54. The highest BCUT2D eigenvalue weighted by Crippen LogP contribution is 2.21. The van der Waals surface area contributed by atoms with Crippen molar-refractivity contribution in [3.05, 3.63) is 22.8 Å². The van der Waals surface area contributed by atoms with Gasteiger partial charge in [0.25, 0.3) is 0 Å². The van der Waals surface area contributed by atoms with Crippen molar-refractivity contribution in [1.82, 2.24) is 10.3 Å². The van der Waals surface area contributed by atoms with Gasteiger partial charge in [0.15, 0.2) is 0 Å². The van der Waals surface area contributed by atoms with Gasteiger partial charge in [-0.1, -0.05) is 25.4 Å². The van der Waals surface area contributed by atoms with Gasteiger partial charge in [-0.05, 0) is 44.9 Å². The van der Waals surface area contributed by atoms with Crippen LogP contribution in [0.1, 0.15) is 40.2 Å². The summed E-state index contributed by atoms with van der Waals surface area (Å²) in [5, 5.41) is 4.16. The molecule has 0 spiro atoms. The van der Waals surface area contributed by atoms with Gasteiger partial charge in [-0.15, -0.1) is 0 Å². The van der Waals surface area contributed by atoms with Crippen LogP contribution in [0, 0.1) is 5.92 Å². The molecular formula is C15H26ClN3. The molecule has 19 heavy (non-hydrogen) atoms. The molecule has 108 valence electrons. The van der Waals surface area contributed by atoms with Crippen molar-refractivity contribution in [2.45, 2.75) is 47.2 Å². The summed E-state index contributed by atoms with van der Waals surface area (Å²) in [7, 11) is 0. The number of hydrogen-bond acceptors (Lipinski definition) is 3. The Morgan fingerprint density at radius 1 is 1.32 bits per heavy atom. The molecule has 0 amide bonds. The molecule has 1 aromatic heterocycles. The van der Waals surface area contributed by atoms with Gasteiger partial charge in [0.05, 0.1) is 5.02 Å². The molecule has 0 aliphatic heterocycles. The van der Waals surface area contributed by atoms with E-state index in [0.29, 0.717) is 12.0 Å². The Morgan fingerprint density at radius 2 is 2.00 bits per heavy atom. The Bertz CT molecular complexity index is 391. The largest absolute Gasteiger partial charge is 0.354 e. The van der Waals surface area contributed by atoms with Crippen molar-refractivity contribution in [1.29, 1.82) is 0 Å². The first kappa shape index (κ1) is 16.3. The first-order chi connectivity index (χ1) is 8.95. The summed E-state index contributed by atoms with van der Waals surface area (Å²) in [5.74, 6) is 1.64. The molecule has 0 saturated heterocycles. The lowest BCUT2D eigenvalue weighted by Gasteiger charge is -2.26. The van der Waals surface area contributed by atoms with Crippen LogP contribution in [0.3, 0.4) is 0 Å². The molecule has 0 aliphatic carbocycles. The fourth-order valence-corrected chi connectivity index (χ4v) is 2.22. The fourth-order valence-electron chi connectivity index (χ4n) is 2.05. The molecule has 0 radical (unpaired) electrons. The molecule has 3 nitrogen and oxygen atoms in total. The molecule has 0 fully saturated rings. The lowest BCUT2D eigenvalue weighted by atomic mass is 10.2. The van der Waals surface area contributed by atoms with Gasteiger partial charge in [0.1, 0.15) is 5.82 Å². The second-order valence-corrected chi connectivity index (χ2v) is 5.95. The van der Waals surface area contributed by atoms with Gasteiger partial charge < -0.3 is 10.2 Å². The Balaban J connectivity index is 2.81. The second-order valence-electron chi connectivity index (χ2n) is 5.54. The van der Waals surface area contributed by atoms with Crippen molar-refractivity contribution in [2.24, 2.45) is 5.92 Å². The van der Waals surface area contributed by atoms with E-state index in [9.17, 15) is 0 Å². The van der Waals surface area contributed by atoms with Gasteiger partial charge in [-0.2, -0.15) is 0 Å². The van der Waals surface area contributed by atoms with E-state index >= 15 is 0 Å². The first-order valence-corrected chi connectivity index (χ1v) is 7.45.